The molecule has 36 heavy (non-hydrogen) atoms. The summed E-state index contributed by atoms with van der Waals surface area (Å²) in [7, 11) is 1.37. The molecule has 0 saturated carbocycles. The maximum absolute atomic E-state index is 13.0. The van der Waals surface area contributed by atoms with Gasteiger partial charge in [0.25, 0.3) is 0 Å². The van der Waals surface area contributed by atoms with Crippen LogP contribution in [0.5, 0.6) is 0 Å². The van der Waals surface area contributed by atoms with Gasteiger partial charge in [-0.25, -0.2) is 4.79 Å². The summed E-state index contributed by atoms with van der Waals surface area (Å²) in [6, 6.07) is 14.2. The number of hydrogen-bond donors (Lipinski definition) is 3. The first-order valence-electron chi connectivity index (χ1n) is 12.5. The van der Waals surface area contributed by atoms with Crippen molar-refractivity contribution >= 4 is 17.9 Å². The Labute approximate surface area is 213 Å². The molecule has 194 valence electrons. The van der Waals surface area contributed by atoms with Crippen molar-refractivity contribution in [2.24, 2.45) is 11.7 Å². The van der Waals surface area contributed by atoms with E-state index in [-0.39, 0.29) is 29.8 Å². The number of ether oxygens (including phenoxy) is 1. The highest BCUT2D eigenvalue weighted by molar-refractivity contribution is 5.90. The molecule has 2 aromatic carbocycles. The van der Waals surface area contributed by atoms with Crippen LogP contribution in [0.1, 0.15) is 57.7 Å². The lowest BCUT2D eigenvalue weighted by Crippen LogP contribution is -2.54. The number of amides is 3. The van der Waals surface area contributed by atoms with Gasteiger partial charge in [-0.15, -0.1) is 0 Å². The van der Waals surface area contributed by atoms with E-state index in [1.807, 2.05) is 64.1 Å². The summed E-state index contributed by atoms with van der Waals surface area (Å²) in [6.45, 7) is 7.80. The molecule has 0 fully saturated rings. The molecule has 1 aliphatic carbocycles. The van der Waals surface area contributed by atoms with Crippen molar-refractivity contribution in [1.29, 1.82) is 0 Å². The minimum absolute atomic E-state index is 0.0591. The second kappa shape index (κ2) is 12.0. The molecule has 0 radical (unpaired) electrons. The fourth-order valence-electron chi connectivity index (χ4n) is 4.60. The first-order chi connectivity index (χ1) is 17.1. The van der Waals surface area contributed by atoms with E-state index in [4.69, 9.17) is 10.5 Å². The van der Waals surface area contributed by atoms with Gasteiger partial charge in [0.05, 0.1) is 19.2 Å². The number of methoxy groups -OCH3 is 1. The minimum atomic E-state index is -0.757. The maximum Gasteiger partial charge on any atom is 0.410 e. The van der Waals surface area contributed by atoms with Gasteiger partial charge in [0.15, 0.2) is 0 Å². The Balaban J connectivity index is 1.80. The normalized spacial score (nSPS) is 14.1. The molecule has 0 bridgehead atoms. The summed E-state index contributed by atoms with van der Waals surface area (Å²) in [5, 5.41) is 5.68. The quantitative estimate of drug-likeness (QED) is 0.467. The largest absolute Gasteiger partial charge is 0.453 e. The third-order valence-corrected chi connectivity index (χ3v) is 6.50. The van der Waals surface area contributed by atoms with E-state index >= 15 is 0 Å². The standard InChI is InChI=1S/C28H38N4O4/c1-17(2)24(29)27(34)31-23(26(33)30-18(3)4)15-10-16-32(28(35)36-5)25-21-13-8-6-11-19(21)20-12-7-9-14-22(20)25/h6-9,11-14,17-18,23-25H,10,15-16,29H2,1-5H3,(H,30,33)(H,31,34)/t23-,24-/m0/s1. The van der Waals surface area contributed by atoms with E-state index in [1.165, 1.54) is 7.11 Å². The molecular formula is C28H38N4O4. The molecule has 0 aromatic heterocycles. The highest BCUT2D eigenvalue weighted by Gasteiger charge is 2.36. The number of rotatable bonds is 10. The van der Waals surface area contributed by atoms with Gasteiger partial charge in [-0.1, -0.05) is 62.4 Å². The number of carbonyl (C=O) groups excluding carboxylic acids is 3. The third-order valence-electron chi connectivity index (χ3n) is 6.50. The number of fused-ring (bicyclic) bond motifs is 3. The van der Waals surface area contributed by atoms with Crippen LogP contribution >= 0.6 is 0 Å². The highest BCUT2D eigenvalue weighted by Crippen LogP contribution is 2.46. The molecule has 1 aliphatic rings. The Hall–Kier alpha value is -3.39. The van der Waals surface area contributed by atoms with Crippen molar-refractivity contribution in [3.63, 3.8) is 0 Å². The van der Waals surface area contributed by atoms with Crippen LogP contribution in [0.15, 0.2) is 48.5 Å². The third kappa shape index (κ3) is 6.05. The molecule has 8 nitrogen and oxygen atoms in total. The average molecular weight is 495 g/mol. The molecule has 0 unspecified atom stereocenters. The predicted molar refractivity (Wildman–Crippen MR) is 140 cm³/mol. The van der Waals surface area contributed by atoms with E-state index in [9.17, 15) is 14.4 Å². The highest BCUT2D eigenvalue weighted by atomic mass is 16.5. The monoisotopic (exact) mass is 494 g/mol. The zero-order valence-corrected chi connectivity index (χ0v) is 21.8. The molecule has 2 aromatic rings. The Kier molecular flexibility index (Phi) is 9.09. The van der Waals surface area contributed by atoms with Crippen molar-refractivity contribution in [2.45, 2.75) is 64.7 Å². The first-order valence-corrected chi connectivity index (χ1v) is 12.5. The summed E-state index contributed by atoms with van der Waals surface area (Å²) in [5.74, 6) is -0.691. The average Bonchev–Trinajstić information content (AvgIpc) is 3.18. The Bertz CT molecular complexity index is 1040. The van der Waals surface area contributed by atoms with Gasteiger partial charge in [-0.3, -0.25) is 14.5 Å². The Morgan fingerprint density at radius 3 is 1.97 bits per heavy atom. The van der Waals surface area contributed by atoms with Crippen LogP contribution < -0.4 is 16.4 Å². The van der Waals surface area contributed by atoms with Gasteiger partial charge in [0, 0.05) is 12.6 Å². The molecule has 8 heteroatoms. The summed E-state index contributed by atoms with van der Waals surface area (Å²) >= 11 is 0. The zero-order chi connectivity index (χ0) is 26.4. The Morgan fingerprint density at radius 2 is 1.47 bits per heavy atom. The van der Waals surface area contributed by atoms with Crippen molar-refractivity contribution in [3.8, 4) is 11.1 Å². The minimum Gasteiger partial charge on any atom is -0.453 e. The van der Waals surface area contributed by atoms with E-state index in [1.54, 1.807) is 4.90 Å². The smallest absolute Gasteiger partial charge is 0.410 e. The predicted octanol–water partition coefficient (Wildman–Crippen LogP) is 3.60. The molecular weight excluding hydrogens is 456 g/mol. The van der Waals surface area contributed by atoms with Gasteiger partial charge in [0.2, 0.25) is 11.8 Å². The first kappa shape index (κ1) is 27.2. The van der Waals surface area contributed by atoms with E-state index in [2.05, 4.69) is 22.8 Å². The van der Waals surface area contributed by atoms with Crippen LogP contribution in [0.3, 0.4) is 0 Å². The molecule has 0 spiro atoms. The summed E-state index contributed by atoms with van der Waals surface area (Å²) in [4.78, 5) is 40.1. The molecule has 3 amide bonds. The molecule has 0 saturated heterocycles. The second-order valence-electron chi connectivity index (χ2n) is 9.88. The number of hydrogen-bond acceptors (Lipinski definition) is 5. The number of nitrogens with two attached hydrogens (primary N) is 1. The van der Waals surface area contributed by atoms with Crippen molar-refractivity contribution < 1.29 is 19.1 Å². The lowest BCUT2D eigenvalue weighted by molar-refractivity contribution is -0.130. The SMILES string of the molecule is COC(=O)N(CCC[C@H](NC(=O)[C@@H](N)C(C)C)C(=O)NC(C)C)C1c2ccccc2-c2ccccc21. The number of benzene rings is 2. The molecule has 4 N–H and O–H groups in total. The van der Waals surface area contributed by atoms with Crippen LogP contribution in [-0.2, 0) is 14.3 Å². The van der Waals surface area contributed by atoms with E-state index in [0.29, 0.717) is 19.4 Å². The fraction of sp³-hybridized carbons (Fsp3) is 0.464. The maximum atomic E-state index is 13.0. The molecule has 0 heterocycles. The Morgan fingerprint density at radius 1 is 0.917 bits per heavy atom. The number of nitrogens with one attached hydrogen (secondary N) is 2. The number of carbonyl (C=O) groups is 3. The van der Waals surface area contributed by atoms with Crippen LogP contribution in [0.2, 0.25) is 0 Å². The lowest BCUT2D eigenvalue weighted by Gasteiger charge is -2.30. The lowest BCUT2D eigenvalue weighted by atomic mass is 10.0. The van der Waals surface area contributed by atoms with E-state index in [0.717, 1.165) is 22.3 Å². The van der Waals surface area contributed by atoms with Crippen LogP contribution in [-0.4, -0.2) is 54.6 Å². The van der Waals surface area contributed by atoms with Crippen LogP contribution in [0.25, 0.3) is 11.1 Å². The van der Waals surface area contributed by atoms with E-state index < -0.39 is 18.2 Å². The summed E-state index contributed by atoms with van der Waals surface area (Å²) in [5.41, 5.74) is 10.3. The number of nitrogens with zero attached hydrogens (tertiary/aromatic N) is 1. The van der Waals surface area contributed by atoms with Gasteiger partial charge in [-0.2, -0.15) is 0 Å². The van der Waals surface area contributed by atoms with Crippen molar-refractivity contribution in [1.82, 2.24) is 15.5 Å². The zero-order valence-electron chi connectivity index (χ0n) is 21.8. The molecule has 0 aliphatic heterocycles. The molecule has 3 rings (SSSR count). The van der Waals surface area contributed by atoms with Gasteiger partial charge >= 0.3 is 6.09 Å². The van der Waals surface area contributed by atoms with Crippen LogP contribution in [0.4, 0.5) is 4.79 Å². The topological polar surface area (TPSA) is 114 Å². The van der Waals surface area contributed by atoms with Crippen LogP contribution in [0, 0.1) is 5.92 Å². The van der Waals surface area contributed by atoms with Gasteiger partial charge < -0.3 is 21.1 Å². The second-order valence-corrected chi connectivity index (χ2v) is 9.88. The van der Waals surface area contributed by atoms with Gasteiger partial charge in [-0.05, 0) is 54.9 Å². The fourth-order valence-corrected chi connectivity index (χ4v) is 4.60. The summed E-state index contributed by atoms with van der Waals surface area (Å²) in [6.07, 6.45) is 0.377. The van der Waals surface area contributed by atoms with Crippen molar-refractivity contribution in [3.05, 3.63) is 59.7 Å². The molecule has 2 atom stereocenters. The van der Waals surface area contributed by atoms with Crippen molar-refractivity contribution in [2.75, 3.05) is 13.7 Å². The summed E-state index contributed by atoms with van der Waals surface area (Å²) < 4.78 is 5.16. The van der Waals surface area contributed by atoms with Gasteiger partial charge in [0.1, 0.15) is 6.04 Å².